The molecular formula is C58H80N8O14. The molecule has 4 aliphatic rings. The SMILES string of the molecule is [C-]#[N+]c1ccc2c(c1)[C@@H](N1CCCC1=O)[C@H](OC(=O)[C@@H](CC(C)C)NC(=O)CNC(=O)OC(C)(C)C)C(C)(C)O2.[C-]#[N+]c1ccc2c(c1)[C@@H](N1CCCC1=O)[C@H](OC(=O)[C@H](CC(C)C)NC(=O)CNC(=O)OC(C)(C)C)C(C)(C)O2. The van der Waals surface area contributed by atoms with Gasteiger partial charge < -0.3 is 59.5 Å². The molecule has 22 heteroatoms. The van der Waals surface area contributed by atoms with E-state index >= 15 is 0 Å². The molecule has 2 aromatic rings. The summed E-state index contributed by atoms with van der Waals surface area (Å²) in [6.07, 6.45) is -0.640. The van der Waals surface area contributed by atoms with Crippen LogP contribution in [0.25, 0.3) is 9.69 Å². The number of nitrogens with zero attached hydrogens (tertiary/aromatic N) is 4. The standard InChI is InChI=1S/2C29H40N4O7/c2*1-17(2)14-20(32-22(34)16-31-27(37)40-28(3,4)5)26(36)38-25-24(33-13-9-10-23(33)35)19-15-18(30-8)11-12-21(19)39-29(25,6)7/h2*11-12,15,17,20,24-25H,9-10,13-14,16H2,1-7H3,(H,31,37)(H,32,34)/t20-,24+,25-;20-,24-,25+/m01/s1. The van der Waals surface area contributed by atoms with Crippen molar-refractivity contribution in [1.82, 2.24) is 31.1 Å². The normalized spacial score (nSPS) is 20.6. The highest BCUT2D eigenvalue weighted by atomic mass is 16.6. The van der Waals surface area contributed by atoms with Gasteiger partial charge in [-0.15, -0.1) is 0 Å². The van der Waals surface area contributed by atoms with Crippen LogP contribution in [-0.4, -0.2) is 130 Å². The highest BCUT2D eigenvalue weighted by molar-refractivity contribution is 5.88. The van der Waals surface area contributed by atoms with Crippen LogP contribution in [-0.2, 0) is 47.7 Å². The Balaban J connectivity index is 0.000000294. The van der Waals surface area contributed by atoms with Crippen molar-refractivity contribution >= 4 is 59.1 Å². The van der Waals surface area contributed by atoms with E-state index < -0.39 is 94.7 Å². The molecular weight excluding hydrogens is 1030 g/mol. The van der Waals surface area contributed by atoms with Crippen LogP contribution in [0.4, 0.5) is 21.0 Å². The van der Waals surface area contributed by atoms with E-state index in [0.717, 1.165) is 0 Å². The predicted molar refractivity (Wildman–Crippen MR) is 293 cm³/mol. The molecule has 6 amide bonds. The van der Waals surface area contributed by atoms with Crippen LogP contribution >= 0.6 is 0 Å². The van der Waals surface area contributed by atoms with Gasteiger partial charge >= 0.3 is 24.1 Å². The van der Waals surface area contributed by atoms with Crippen molar-refractivity contribution in [2.75, 3.05) is 26.2 Å². The number of likely N-dealkylation sites (tertiary alicyclic amines) is 2. The third kappa shape index (κ3) is 17.2. The summed E-state index contributed by atoms with van der Waals surface area (Å²) in [7, 11) is 0. The lowest BCUT2D eigenvalue weighted by molar-refractivity contribution is -0.176. The third-order valence-electron chi connectivity index (χ3n) is 13.2. The summed E-state index contributed by atoms with van der Waals surface area (Å²) in [6, 6.07) is 6.71. The Kier molecular flexibility index (Phi) is 20.6. The number of fused-ring (bicyclic) bond motifs is 2. The quantitative estimate of drug-likeness (QED) is 0.0704. The second-order valence-electron chi connectivity index (χ2n) is 24.3. The van der Waals surface area contributed by atoms with Crippen molar-refractivity contribution in [2.24, 2.45) is 11.8 Å². The van der Waals surface area contributed by atoms with E-state index in [1.165, 1.54) is 0 Å². The number of hydrogen-bond acceptors (Lipinski definition) is 14. The van der Waals surface area contributed by atoms with Gasteiger partial charge in [-0.05, 0) is 131 Å². The number of alkyl carbamates (subject to hydrolysis) is 2. The lowest BCUT2D eigenvalue weighted by Gasteiger charge is -2.47. The first-order valence-electron chi connectivity index (χ1n) is 27.2. The zero-order chi connectivity index (χ0) is 59.7. The van der Waals surface area contributed by atoms with Crippen LogP contribution in [0.5, 0.6) is 11.5 Å². The van der Waals surface area contributed by atoms with Crippen molar-refractivity contribution in [3.05, 3.63) is 70.4 Å². The summed E-state index contributed by atoms with van der Waals surface area (Å²) in [6.45, 7) is 40.1. The highest BCUT2D eigenvalue weighted by Crippen LogP contribution is 2.48. The molecule has 6 rings (SSSR count). The van der Waals surface area contributed by atoms with Gasteiger partial charge in [-0.2, -0.15) is 0 Å². The first-order chi connectivity index (χ1) is 37.2. The molecule has 0 spiro atoms. The fourth-order valence-electron chi connectivity index (χ4n) is 9.84. The molecule has 0 bridgehead atoms. The summed E-state index contributed by atoms with van der Waals surface area (Å²) in [5.74, 6) is -1.53. The lowest BCUT2D eigenvalue weighted by Crippen LogP contribution is -2.57. The van der Waals surface area contributed by atoms with Crippen LogP contribution < -0.4 is 30.7 Å². The van der Waals surface area contributed by atoms with Gasteiger partial charge in [0.1, 0.15) is 71.2 Å². The summed E-state index contributed by atoms with van der Waals surface area (Å²) in [4.78, 5) is 113. The van der Waals surface area contributed by atoms with Gasteiger partial charge in [0.25, 0.3) is 0 Å². The van der Waals surface area contributed by atoms with Crippen LogP contribution in [0.15, 0.2) is 36.4 Å². The molecule has 0 saturated carbocycles. The molecule has 6 atom stereocenters. The molecule has 22 nitrogen and oxygen atoms in total. The Labute approximate surface area is 469 Å². The Morgan fingerprint density at radius 1 is 0.625 bits per heavy atom. The monoisotopic (exact) mass is 1110 g/mol. The second kappa shape index (κ2) is 26.1. The predicted octanol–water partition coefficient (Wildman–Crippen LogP) is 8.08. The maximum atomic E-state index is 13.6. The van der Waals surface area contributed by atoms with Crippen LogP contribution in [0, 0.1) is 25.0 Å². The number of hydrogen-bond donors (Lipinski definition) is 4. The minimum absolute atomic E-state index is 0.0326. The lowest BCUT2D eigenvalue weighted by atomic mass is 9.85. The molecule has 4 heterocycles. The van der Waals surface area contributed by atoms with E-state index in [2.05, 4.69) is 31.0 Å². The summed E-state index contributed by atoms with van der Waals surface area (Å²) in [5, 5.41) is 10.1. The minimum Gasteiger partial charge on any atom is -0.484 e. The van der Waals surface area contributed by atoms with E-state index in [9.17, 15) is 38.4 Å². The third-order valence-corrected chi connectivity index (χ3v) is 13.2. The second-order valence-corrected chi connectivity index (χ2v) is 24.3. The van der Waals surface area contributed by atoms with Gasteiger partial charge in [0.2, 0.25) is 23.6 Å². The van der Waals surface area contributed by atoms with E-state index in [-0.39, 0.29) is 49.6 Å². The molecule has 2 saturated heterocycles. The average Bonchev–Trinajstić information content (AvgIpc) is 3.97. The van der Waals surface area contributed by atoms with Gasteiger partial charge in [-0.1, -0.05) is 39.8 Å². The minimum atomic E-state index is -1.03. The number of esters is 2. The molecule has 0 aromatic heterocycles. The van der Waals surface area contributed by atoms with Gasteiger partial charge in [-0.3, -0.25) is 19.2 Å². The Bertz CT molecular complexity index is 2550. The Hall–Kier alpha value is -7.62. The summed E-state index contributed by atoms with van der Waals surface area (Å²) < 4.78 is 35.0. The number of amides is 6. The first kappa shape index (κ1) is 63.2. The fraction of sp³-hybridized carbons (Fsp3) is 0.621. The zero-order valence-electron chi connectivity index (χ0n) is 48.7. The van der Waals surface area contributed by atoms with Gasteiger partial charge in [0.15, 0.2) is 23.6 Å². The molecule has 2 fully saturated rings. The maximum absolute atomic E-state index is 13.6. The van der Waals surface area contributed by atoms with E-state index in [0.29, 0.717) is 72.8 Å². The van der Waals surface area contributed by atoms with Gasteiger partial charge in [0, 0.05) is 37.1 Å². The average molecular weight is 1110 g/mol. The highest BCUT2D eigenvalue weighted by Gasteiger charge is 2.53. The Morgan fingerprint density at radius 2 is 0.975 bits per heavy atom. The Morgan fingerprint density at radius 3 is 1.26 bits per heavy atom. The molecule has 4 N–H and O–H groups in total. The molecule has 4 aliphatic heterocycles. The molecule has 2 aromatic carbocycles. The van der Waals surface area contributed by atoms with Gasteiger partial charge in [0.05, 0.1) is 13.1 Å². The fourth-order valence-corrected chi connectivity index (χ4v) is 9.84. The number of nitrogens with one attached hydrogen (secondary N) is 4. The van der Waals surface area contributed by atoms with Crippen molar-refractivity contribution in [2.45, 2.75) is 194 Å². The zero-order valence-corrected chi connectivity index (χ0v) is 48.7. The van der Waals surface area contributed by atoms with E-state index in [1.807, 2.05) is 27.7 Å². The van der Waals surface area contributed by atoms with Crippen LogP contribution in [0.1, 0.15) is 159 Å². The van der Waals surface area contributed by atoms with Crippen LogP contribution in [0.3, 0.4) is 0 Å². The van der Waals surface area contributed by atoms with Crippen LogP contribution in [0.2, 0.25) is 0 Å². The number of ether oxygens (including phenoxy) is 6. The molecule has 0 radical (unpaired) electrons. The molecule has 0 unspecified atom stereocenters. The smallest absolute Gasteiger partial charge is 0.408 e. The number of carbonyl (C=O) groups is 8. The number of rotatable bonds is 16. The molecule has 0 aliphatic carbocycles. The topological polar surface area (TPSA) is 255 Å². The first-order valence-corrected chi connectivity index (χ1v) is 27.2. The van der Waals surface area contributed by atoms with E-state index in [1.54, 1.807) is 115 Å². The van der Waals surface area contributed by atoms with E-state index in [4.69, 9.17) is 41.6 Å². The van der Waals surface area contributed by atoms with Crippen molar-refractivity contribution < 1.29 is 66.8 Å². The largest absolute Gasteiger partial charge is 0.484 e. The maximum Gasteiger partial charge on any atom is 0.408 e. The number of benzene rings is 2. The van der Waals surface area contributed by atoms with Crippen molar-refractivity contribution in [3.63, 3.8) is 0 Å². The van der Waals surface area contributed by atoms with Gasteiger partial charge in [-0.25, -0.2) is 28.9 Å². The molecule has 436 valence electrons. The summed E-state index contributed by atoms with van der Waals surface area (Å²) >= 11 is 0. The number of carbonyl (C=O) groups excluding carboxylic acids is 8. The summed E-state index contributed by atoms with van der Waals surface area (Å²) in [5.41, 5.74) is -1.53. The van der Waals surface area contributed by atoms with Crippen molar-refractivity contribution in [1.29, 1.82) is 0 Å². The molecule has 80 heavy (non-hydrogen) atoms. The van der Waals surface area contributed by atoms with Crippen molar-refractivity contribution in [3.8, 4) is 11.5 Å².